The Bertz CT molecular complexity index is 1270. The molecule has 0 unspecified atom stereocenters. The number of carbonyl (C=O) groups is 1. The molecular weight excluding hydrogens is 392 g/mol. The maximum Gasteiger partial charge on any atom is 0.277 e. The van der Waals surface area contributed by atoms with Crippen LogP contribution in [0.5, 0.6) is 0 Å². The Balaban J connectivity index is 1.48. The fraction of sp³-hybridized carbons (Fsp3) is 0.174. The fourth-order valence-electron chi connectivity index (χ4n) is 4.09. The number of carbonyl (C=O) groups excluding carboxylic acids is 1. The minimum absolute atomic E-state index is 0.212. The van der Waals surface area contributed by atoms with E-state index in [1.807, 2.05) is 13.1 Å². The van der Waals surface area contributed by atoms with Crippen molar-refractivity contribution in [3.8, 4) is 11.1 Å². The third kappa shape index (κ3) is 3.47. The molecule has 1 aliphatic rings. The van der Waals surface area contributed by atoms with Gasteiger partial charge in [-0.3, -0.25) is 10.0 Å². The topological polar surface area (TPSA) is 106 Å². The highest BCUT2D eigenvalue weighted by atomic mass is 16.5. The number of anilines is 2. The van der Waals surface area contributed by atoms with Crippen molar-refractivity contribution in [2.75, 3.05) is 23.8 Å². The molecule has 0 spiro atoms. The molecule has 1 aliphatic heterocycles. The van der Waals surface area contributed by atoms with Gasteiger partial charge in [-0.15, -0.1) is 0 Å². The lowest BCUT2D eigenvalue weighted by Crippen LogP contribution is -2.31. The van der Waals surface area contributed by atoms with Gasteiger partial charge in [-0.2, -0.15) is 0 Å². The van der Waals surface area contributed by atoms with Crippen molar-refractivity contribution < 1.29 is 10.0 Å². The predicted molar refractivity (Wildman–Crippen MR) is 119 cm³/mol. The molecule has 3 heterocycles. The highest BCUT2D eigenvalue weighted by Gasteiger charge is 2.23. The molecule has 2 aromatic heterocycles. The molecule has 4 aromatic rings. The SMILES string of the molecule is CNc1cccc(-c2ccc3[nH]c4c(c3c2)CN(c2ncc(C(=O)NO)cn2)CC4)c1. The van der Waals surface area contributed by atoms with Gasteiger partial charge in [-0.1, -0.05) is 18.2 Å². The summed E-state index contributed by atoms with van der Waals surface area (Å²) < 4.78 is 0. The molecule has 0 aliphatic carbocycles. The molecule has 0 fully saturated rings. The van der Waals surface area contributed by atoms with E-state index in [0.717, 1.165) is 29.7 Å². The Kier molecular flexibility index (Phi) is 4.76. The van der Waals surface area contributed by atoms with Crippen molar-refractivity contribution in [2.45, 2.75) is 13.0 Å². The van der Waals surface area contributed by atoms with Crippen LogP contribution in [0.1, 0.15) is 21.6 Å². The maximum absolute atomic E-state index is 11.5. The molecule has 2 aromatic carbocycles. The summed E-state index contributed by atoms with van der Waals surface area (Å²) in [6, 6.07) is 14.9. The molecule has 0 saturated carbocycles. The number of nitrogens with one attached hydrogen (secondary N) is 3. The van der Waals surface area contributed by atoms with E-state index in [1.54, 1.807) is 5.48 Å². The molecule has 8 nitrogen and oxygen atoms in total. The van der Waals surface area contributed by atoms with Crippen LogP contribution >= 0.6 is 0 Å². The zero-order valence-electron chi connectivity index (χ0n) is 17.0. The lowest BCUT2D eigenvalue weighted by atomic mass is 9.99. The van der Waals surface area contributed by atoms with Gasteiger partial charge in [0, 0.05) is 66.8 Å². The van der Waals surface area contributed by atoms with Gasteiger partial charge in [0.2, 0.25) is 5.95 Å². The number of hydrogen-bond donors (Lipinski definition) is 4. The number of H-pyrrole nitrogens is 1. The van der Waals surface area contributed by atoms with Gasteiger partial charge in [0.05, 0.1) is 5.56 Å². The van der Waals surface area contributed by atoms with Crippen molar-refractivity contribution >= 4 is 28.4 Å². The molecule has 4 N–H and O–H groups in total. The standard InChI is InChI=1S/C23H22N6O2/c1-24-17-4-2-3-14(9-17)15-5-6-20-18(10-15)19-13-29(8-7-21(19)27-20)23-25-11-16(12-26-23)22(30)28-31/h2-6,9-12,24,27,31H,7-8,13H2,1H3,(H,28,30). The molecule has 8 heteroatoms. The van der Waals surface area contributed by atoms with Crippen molar-refractivity contribution in [3.63, 3.8) is 0 Å². The van der Waals surface area contributed by atoms with Crippen LogP contribution in [0.2, 0.25) is 0 Å². The summed E-state index contributed by atoms with van der Waals surface area (Å²) >= 11 is 0. The zero-order valence-corrected chi connectivity index (χ0v) is 17.0. The minimum Gasteiger partial charge on any atom is -0.388 e. The number of fused-ring (bicyclic) bond motifs is 3. The van der Waals surface area contributed by atoms with Gasteiger partial charge in [0.25, 0.3) is 5.91 Å². The van der Waals surface area contributed by atoms with E-state index in [4.69, 9.17) is 5.21 Å². The first-order valence-electron chi connectivity index (χ1n) is 10.1. The van der Waals surface area contributed by atoms with Crippen molar-refractivity contribution in [1.82, 2.24) is 20.4 Å². The first kappa shape index (κ1) is 19.1. The summed E-state index contributed by atoms with van der Waals surface area (Å²) in [5, 5.41) is 13.1. The Morgan fingerprint density at radius 3 is 2.71 bits per heavy atom. The summed E-state index contributed by atoms with van der Waals surface area (Å²) in [6.07, 6.45) is 3.70. The zero-order chi connectivity index (χ0) is 21.4. The summed E-state index contributed by atoms with van der Waals surface area (Å²) in [4.78, 5) is 25.8. The summed E-state index contributed by atoms with van der Waals surface area (Å²) in [7, 11) is 1.92. The molecule has 0 saturated heterocycles. The van der Waals surface area contributed by atoms with E-state index < -0.39 is 5.91 Å². The molecule has 5 rings (SSSR count). The van der Waals surface area contributed by atoms with Crippen LogP contribution in [0, 0.1) is 0 Å². The van der Waals surface area contributed by atoms with Crippen LogP contribution in [0.15, 0.2) is 54.9 Å². The second-order valence-corrected chi connectivity index (χ2v) is 7.56. The molecule has 1 amide bonds. The smallest absolute Gasteiger partial charge is 0.277 e. The lowest BCUT2D eigenvalue weighted by molar-refractivity contribution is 0.0705. The van der Waals surface area contributed by atoms with Gasteiger partial charge in [-0.05, 0) is 35.4 Å². The highest BCUT2D eigenvalue weighted by Crippen LogP contribution is 2.33. The highest BCUT2D eigenvalue weighted by molar-refractivity contribution is 5.93. The van der Waals surface area contributed by atoms with Gasteiger partial charge in [0.15, 0.2) is 0 Å². The van der Waals surface area contributed by atoms with Crippen LogP contribution in [0.25, 0.3) is 22.0 Å². The number of benzene rings is 2. The monoisotopic (exact) mass is 414 g/mol. The normalized spacial score (nSPS) is 13.2. The first-order chi connectivity index (χ1) is 15.2. The van der Waals surface area contributed by atoms with Crippen LogP contribution < -0.4 is 15.7 Å². The van der Waals surface area contributed by atoms with Gasteiger partial charge in [-0.25, -0.2) is 15.4 Å². The maximum atomic E-state index is 11.5. The van der Waals surface area contributed by atoms with E-state index in [2.05, 4.69) is 61.6 Å². The quantitative estimate of drug-likeness (QED) is 0.301. The number of rotatable bonds is 4. The van der Waals surface area contributed by atoms with E-state index in [1.165, 1.54) is 34.6 Å². The van der Waals surface area contributed by atoms with E-state index in [0.29, 0.717) is 12.5 Å². The predicted octanol–water partition coefficient (Wildman–Crippen LogP) is 3.35. The third-order valence-electron chi connectivity index (χ3n) is 5.74. The van der Waals surface area contributed by atoms with Crippen LogP contribution in [-0.2, 0) is 13.0 Å². The second-order valence-electron chi connectivity index (χ2n) is 7.56. The van der Waals surface area contributed by atoms with Crippen LogP contribution in [-0.4, -0.2) is 39.7 Å². The number of hydroxylamine groups is 1. The van der Waals surface area contributed by atoms with E-state index >= 15 is 0 Å². The van der Waals surface area contributed by atoms with Crippen molar-refractivity contribution in [2.24, 2.45) is 0 Å². The Labute approximate surface area is 178 Å². The molecule has 0 radical (unpaired) electrons. The summed E-state index contributed by atoms with van der Waals surface area (Å²) in [5.74, 6) is -0.0636. The number of nitrogens with zero attached hydrogens (tertiary/aromatic N) is 3. The Morgan fingerprint density at radius 1 is 1.13 bits per heavy atom. The summed E-state index contributed by atoms with van der Waals surface area (Å²) in [6.45, 7) is 1.46. The number of amides is 1. The van der Waals surface area contributed by atoms with Gasteiger partial charge >= 0.3 is 0 Å². The van der Waals surface area contributed by atoms with Crippen LogP contribution in [0.3, 0.4) is 0 Å². The van der Waals surface area contributed by atoms with Gasteiger partial charge < -0.3 is 15.2 Å². The van der Waals surface area contributed by atoms with E-state index in [9.17, 15) is 4.79 Å². The summed E-state index contributed by atoms with van der Waals surface area (Å²) in [5.41, 5.74) is 8.82. The number of hydrogen-bond acceptors (Lipinski definition) is 6. The Hall–Kier alpha value is -3.91. The number of aromatic nitrogens is 3. The lowest BCUT2D eigenvalue weighted by Gasteiger charge is -2.27. The number of aromatic amines is 1. The second kappa shape index (κ2) is 7.73. The fourth-order valence-corrected chi connectivity index (χ4v) is 4.09. The van der Waals surface area contributed by atoms with Crippen LogP contribution in [0.4, 0.5) is 11.6 Å². The van der Waals surface area contributed by atoms with Crippen molar-refractivity contribution in [3.05, 3.63) is 71.7 Å². The third-order valence-corrected chi connectivity index (χ3v) is 5.74. The first-order valence-corrected chi connectivity index (χ1v) is 10.1. The van der Waals surface area contributed by atoms with Gasteiger partial charge in [0.1, 0.15) is 0 Å². The average molecular weight is 414 g/mol. The molecule has 156 valence electrons. The van der Waals surface area contributed by atoms with E-state index in [-0.39, 0.29) is 5.56 Å². The largest absolute Gasteiger partial charge is 0.388 e. The minimum atomic E-state index is -0.626. The molecule has 0 atom stereocenters. The molecule has 0 bridgehead atoms. The molecular formula is C23H22N6O2. The van der Waals surface area contributed by atoms with Crippen molar-refractivity contribution in [1.29, 1.82) is 0 Å². The average Bonchev–Trinajstić information content (AvgIpc) is 3.20. The molecule has 31 heavy (non-hydrogen) atoms. The Morgan fingerprint density at radius 2 is 1.94 bits per heavy atom.